The minimum absolute atomic E-state index is 0.262. The van der Waals surface area contributed by atoms with E-state index in [1.54, 1.807) is 0 Å². The van der Waals surface area contributed by atoms with Gasteiger partial charge in [0.2, 0.25) is 0 Å². The highest BCUT2D eigenvalue weighted by atomic mass is 16.3. The molecule has 0 radical (unpaired) electrons. The van der Waals surface area contributed by atoms with Crippen molar-refractivity contribution in [3.8, 4) is 0 Å². The maximum Gasteiger partial charge on any atom is 0.0558 e. The van der Waals surface area contributed by atoms with E-state index < -0.39 is 0 Å². The number of β-amino-alcohol motifs (C(OH)–C–C–N with tert-alkyl or cyclic N) is 1. The van der Waals surface area contributed by atoms with E-state index in [0.717, 1.165) is 45.8 Å². The van der Waals surface area contributed by atoms with Crippen LogP contribution in [0.3, 0.4) is 0 Å². The molecule has 0 amide bonds. The Balaban J connectivity index is 1.91. The van der Waals surface area contributed by atoms with Crippen LogP contribution in [0.5, 0.6) is 0 Å². The van der Waals surface area contributed by atoms with Crippen molar-refractivity contribution in [1.82, 2.24) is 10.2 Å². The van der Waals surface area contributed by atoms with Gasteiger partial charge in [-0.2, -0.15) is 0 Å². The summed E-state index contributed by atoms with van der Waals surface area (Å²) in [7, 11) is 0. The van der Waals surface area contributed by atoms with E-state index in [-0.39, 0.29) is 6.61 Å². The Hall–Kier alpha value is -1.10. The summed E-state index contributed by atoms with van der Waals surface area (Å²) in [6.07, 6.45) is 1.18. The molecule has 4 heteroatoms. The molecule has 0 saturated carbocycles. The number of anilines is 1. The molecule has 0 aliphatic carbocycles. The molecular weight excluding hydrogens is 262 g/mol. The van der Waals surface area contributed by atoms with Gasteiger partial charge in [0.1, 0.15) is 0 Å². The molecule has 1 aromatic carbocycles. The predicted molar refractivity (Wildman–Crippen MR) is 88.9 cm³/mol. The van der Waals surface area contributed by atoms with Gasteiger partial charge in [-0.1, -0.05) is 13.0 Å². The number of piperazine rings is 1. The second-order valence-electron chi connectivity index (χ2n) is 5.84. The summed E-state index contributed by atoms with van der Waals surface area (Å²) in [6, 6.07) is 6.82. The molecule has 0 bridgehead atoms. The van der Waals surface area contributed by atoms with Crippen LogP contribution in [-0.4, -0.2) is 55.9 Å². The fourth-order valence-electron chi connectivity index (χ4n) is 2.85. The van der Waals surface area contributed by atoms with E-state index in [2.05, 4.69) is 47.2 Å². The maximum atomic E-state index is 9.00. The smallest absolute Gasteiger partial charge is 0.0558 e. The number of benzene rings is 1. The van der Waals surface area contributed by atoms with Gasteiger partial charge in [0.05, 0.1) is 6.61 Å². The third-order valence-electron chi connectivity index (χ3n) is 4.22. The largest absolute Gasteiger partial charge is 0.395 e. The highest BCUT2D eigenvalue weighted by Crippen LogP contribution is 2.20. The molecule has 1 heterocycles. The van der Waals surface area contributed by atoms with Crippen molar-refractivity contribution < 1.29 is 5.11 Å². The average Bonchev–Trinajstić information content (AvgIpc) is 2.50. The molecule has 1 saturated heterocycles. The van der Waals surface area contributed by atoms with Gasteiger partial charge in [-0.15, -0.1) is 0 Å². The molecule has 118 valence electrons. The SMILES string of the molecule is CCCNCc1ccc(N2CCN(CCO)CC2)cc1C. The number of aliphatic hydroxyl groups is 1. The summed E-state index contributed by atoms with van der Waals surface area (Å²) < 4.78 is 0. The molecule has 1 aromatic rings. The summed E-state index contributed by atoms with van der Waals surface area (Å²) in [4.78, 5) is 4.77. The molecule has 0 unspecified atom stereocenters. The lowest BCUT2D eigenvalue weighted by Crippen LogP contribution is -2.47. The maximum absolute atomic E-state index is 9.00. The molecule has 0 aromatic heterocycles. The molecule has 2 N–H and O–H groups in total. The second kappa shape index (κ2) is 8.37. The summed E-state index contributed by atoms with van der Waals surface area (Å²) in [5.74, 6) is 0. The van der Waals surface area contributed by atoms with Crippen molar-refractivity contribution in [2.24, 2.45) is 0 Å². The molecular formula is C17H29N3O. The zero-order valence-corrected chi connectivity index (χ0v) is 13.4. The highest BCUT2D eigenvalue weighted by molar-refractivity contribution is 5.51. The molecule has 1 fully saturated rings. The van der Waals surface area contributed by atoms with Crippen LogP contribution < -0.4 is 10.2 Å². The summed E-state index contributed by atoms with van der Waals surface area (Å²) >= 11 is 0. The fraction of sp³-hybridized carbons (Fsp3) is 0.647. The van der Waals surface area contributed by atoms with Gasteiger partial charge < -0.3 is 15.3 Å². The van der Waals surface area contributed by atoms with E-state index >= 15 is 0 Å². The van der Waals surface area contributed by atoms with E-state index in [0.29, 0.717) is 0 Å². The zero-order chi connectivity index (χ0) is 15.1. The van der Waals surface area contributed by atoms with Crippen LogP contribution in [-0.2, 0) is 6.54 Å². The van der Waals surface area contributed by atoms with Crippen molar-refractivity contribution in [1.29, 1.82) is 0 Å². The molecule has 4 nitrogen and oxygen atoms in total. The first-order valence-corrected chi connectivity index (χ1v) is 8.13. The lowest BCUT2D eigenvalue weighted by molar-refractivity contribution is 0.189. The van der Waals surface area contributed by atoms with Crippen molar-refractivity contribution in [2.45, 2.75) is 26.8 Å². The van der Waals surface area contributed by atoms with Gasteiger partial charge >= 0.3 is 0 Å². The molecule has 1 aliphatic rings. The first-order chi connectivity index (χ1) is 10.2. The third kappa shape index (κ3) is 4.70. The molecule has 1 aliphatic heterocycles. The normalized spacial score (nSPS) is 16.4. The van der Waals surface area contributed by atoms with Crippen molar-refractivity contribution in [3.63, 3.8) is 0 Å². The second-order valence-corrected chi connectivity index (χ2v) is 5.84. The quantitative estimate of drug-likeness (QED) is 0.749. The van der Waals surface area contributed by atoms with E-state index in [4.69, 9.17) is 5.11 Å². The van der Waals surface area contributed by atoms with Gasteiger partial charge in [0, 0.05) is 45.0 Å². The number of nitrogens with one attached hydrogen (secondary N) is 1. The topological polar surface area (TPSA) is 38.7 Å². The number of hydrogen-bond acceptors (Lipinski definition) is 4. The van der Waals surface area contributed by atoms with Crippen molar-refractivity contribution in [2.75, 3.05) is 50.8 Å². The summed E-state index contributed by atoms with van der Waals surface area (Å²) in [5, 5.41) is 12.5. The van der Waals surface area contributed by atoms with E-state index in [9.17, 15) is 0 Å². The van der Waals surface area contributed by atoms with Crippen LogP contribution in [0.4, 0.5) is 5.69 Å². The number of rotatable bonds is 7. The van der Waals surface area contributed by atoms with Crippen LogP contribution >= 0.6 is 0 Å². The lowest BCUT2D eigenvalue weighted by atomic mass is 10.1. The Morgan fingerprint density at radius 1 is 1.19 bits per heavy atom. The minimum Gasteiger partial charge on any atom is -0.395 e. The minimum atomic E-state index is 0.262. The van der Waals surface area contributed by atoms with Crippen molar-refractivity contribution >= 4 is 5.69 Å². The third-order valence-corrected chi connectivity index (χ3v) is 4.22. The van der Waals surface area contributed by atoms with E-state index in [1.165, 1.54) is 23.2 Å². The Kier molecular flexibility index (Phi) is 6.49. The number of aryl methyl sites for hydroxylation is 1. The standard InChI is InChI=1S/C17H29N3O/c1-3-6-18-14-16-4-5-17(13-15(16)2)20-9-7-19(8-10-20)11-12-21/h4-5,13,18,21H,3,6-12,14H2,1-2H3. The van der Waals surface area contributed by atoms with Gasteiger partial charge in [-0.05, 0) is 43.1 Å². The molecule has 0 spiro atoms. The van der Waals surface area contributed by atoms with Gasteiger partial charge in [0.25, 0.3) is 0 Å². The monoisotopic (exact) mass is 291 g/mol. The van der Waals surface area contributed by atoms with Crippen LogP contribution in [0, 0.1) is 6.92 Å². The molecule has 0 atom stereocenters. The molecule has 2 rings (SSSR count). The Morgan fingerprint density at radius 3 is 2.57 bits per heavy atom. The summed E-state index contributed by atoms with van der Waals surface area (Å²) in [6.45, 7) is 11.7. The Morgan fingerprint density at radius 2 is 1.95 bits per heavy atom. The predicted octanol–water partition coefficient (Wildman–Crippen LogP) is 1.61. The fourth-order valence-corrected chi connectivity index (χ4v) is 2.85. The Bertz CT molecular complexity index is 428. The van der Waals surface area contributed by atoms with Crippen LogP contribution in [0.2, 0.25) is 0 Å². The number of nitrogens with zero attached hydrogens (tertiary/aromatic N) is 2. The first kappa shape index (κ1) is 16.3. The van der Waals surface area contributed by atoms with Crippen LogP contribution in [0.15, 0.2) is 18.2 Å². The zero-order valence-electron chi connectivity index (χ0n) is 13.4. The lowest BCUT2D eigenvalue weighted by Gasteiger charge is -2.36. The number of hydrogen-bond donors (Lipinski definition) is 2. The average molecular weight is 291 g/mol. The van der Waals surface area contributed by atoms with Crippen LogP contribution in [0.25, 0.3) is 0 Å². The molecule has 21 heavy (non-hydrogen) atoms. The Labute approximate surface area is 128 Å². The highest BCUT2D eigenvalue weighted by Gasteiger charge is 2.16. The number of aliphatic hydroxyl groups excluding tert-OH is 1. The van der Waals surface area contributed by atoms with Crippen molar-refractivity contribution in [3.05, 3.63) is 29.3 Å². The van der Waals surface area contributed by atoms with Gasteiger partial charge in [-0.3, -0.25) is 4.90 Å². The first-order valence-electron chi connectivity index (χ1n) is 8.13. The summed E-state index contributed by atoms with van der Waals surface area (Å²) in [5.41, 5.74) is 4.09. The van der Waals surface area contributed by atoms with E-state index in [1.807, 2.05) is 0 Å². The van der Waals surface area contributed by atoms with Gasteiger partial charge in [-0.25, -0.2) is 0 Å². The van der Waals surface area contributed by atoms with Crippen LogP contribution in [0.1, 0.15) is 24.5 Å². The van der Waals surface area contributed by atoms with Gasteiger partial charge in [0.15, 0.2) is 0 Å².